The molecule has 27 heavy (non-hydrogen) atoms. The number of ether oxygens (including phenoxy) is 1. The van der Waals surface area contributed by atoms with Crippen LogP contribution in [-0.4, -0.2) is 22.9 Å². The lowest BCUT2D eigenvalue weighted by Gasteiger charge is -2.14. The number of nitrogens with one attached hydrogen (secondary N) is 1. The van der Waals surface area contributed by atoms with Gasteiger partial charge in [0, 0.05) is 10.5 Å². The first kappa shape index (κ1) is 19.0. The number of aromatic nitrogens is 2. The summed E-state index contributed by atoms with van der Waals surface area (Å²) >= 11 is 1.31. The molecule has 0 saturated heterocycles. The SMILES string of the molecule is Cc1c(Sc2ccccc2)n(OCCOCc2ccccc2)c(=O)[nH]c1=O. The molecule has 0 saturated carbocycles. The van der Waals surface area contributed by atoms with Crippen molar-refractivity contribution in [3.8, 4) is 0 Å². The molecule has 0 amide bonds. The molecule has 0 bridgehead atoms. The van der Waals surface area contributed by atoms with Gasteiger partial charge in [0.25, 0.3) is 5.56 Å². The number of rotatable bonds is 8. The van der Waals surface area contributed by atoms with Crippen LogP contribution in [-0.2, 0) is 11.3 Å². The first-order chi connectivity index (χ1) is 13.1. The van der Waals surface area contributed by atoms with Gasteiger partial charge in [-0.25, -0.2) is 4.79 Å². The maximum Gasteiger partial charge on any atom is 0.362 e. The van der Waals surface area contributed by atoms with E-state index in [0.717, 1.165) is 15.2 Å². The summed E-state index contributed by atoms with van der Waals surface area (Å²) in [6, 6.07) is 19.3. The van der Waals surface area contributed by atoms with Crippen LogP contribution in [0.1, 0.15) is 11.1 Å². The van der Waals surface area contributed by atoms with Gasteiger partial charge in [-0.2, -0.15) is 0 Å². The van der Waals surface area contributed by atoms with Gasteiger partial charge in [-0.1, -0.05) is 60.3 Å². The van der Waals surface area contributed by atoms with Gasteiger partial charge in [-0.3, -0.25) is 9.78 Å². The Morgan fingerprint density at radius 1 is 0.963 bits per heavy atom. The number of hydrogen-bond donors (Lipinski definition) is 1. The molecule has 0 fully saturated rings. The van der Waals surface area contributed by atoms with Crippen molar-refractivity contribution in [2.24, 2.45) is 0 Å². The largest absolute Gasteiger partial charge is 0.406 e. The van der Waals surface area contributed by atoms with Gasteiger partial charge in [-0.05, 0) is 24.6 Å². The molecule has 3 rings (SSSR count). The van der Waals surface area contributed by atoms with Crippen LogP contribution < -0.4 is 16.1 Å². The fourth-order valence-corrected chi connectivity index (χ4v) is 3.35. The van der Waals surface area contributed by atoms with Gasteiger partial charge in [0.05, 0.1) is 13.2 Å². The summed E-state index contributed by atoms with van der Waals surface area (Å²) in [5.74, 6) is 0. The van der Waals surface area contributed by atoms with Crippen molar-refractivity contribution in [2.75, 3.05) is 13.2 Å². The smallest absolute Gasteiger partial charge is 0.362 e. The third-order valence-electron chi connectivity index (χ3n) is 3.77. The van der Waals surface area contributed by atoms with Gasteiger partial charge >= 0.3 is 5.69 Å². The Hall–Kier alpha value is -2.77. The zero-order chi connectivity index (χ0) is 19.1. The highest BCUT2D eigenvalue weighted by Crippen LogP contribution is 2.27. The van der Waals surface area contributed by atoms with E-state index in [1.165, 1.54) is 11.8 Å². The molecule has 0 radical (unpaired) electrons. The molecule has 1 N–H and O–H groups in total. The third kappa shape index (κ3) is 5.12. The van der Waals surface area contributed by atoms with E-state index in [-0.39, 0.29) is 6.61 Å². The van der Waals surface area contributed by atoms with Crippen LogP contribution in [0.4, 0.5) is 0 Å². The zero-order valence-corrected chi connectivity index (χ0v) is 15.7. The first-order valence-electron chi connectivity index (χ1n) is 8.49. The summed E-state index contributed by atoms with van der Waals surface area (Å²) < 4.78 is 6.70. The number of hydrogen-bond acceptors (Lipinski definition) is 5. The maximum atomic E-state index is 12.2. The van der Waals surface area contributed by atoms with E-state index in [1.807, 2.05) is 60.7 Å². The van der Waals surface area contributed by atoms with Crippen molar-refractivity contribution in [1.29, 1.82) is 0 Å². The highest BCUT2D eigenvalue weighted by Gasteiger charge is 2.14. The van der Waals surface area contributed by atoms with Crippen molar-refractivity contribution in [3.63, 3.8) is 0 Å². The second-order valence-electron chi connectivity index (χ2n) is 5.77. The van der Waals surface area contributed by atoms with Crippen LogP contribution in [0.2, 0.25) is 0 Å². The van der Waals surface area contributed by atoms with E-state index >= 15 is 0 Å². The van der Waals surface area contributed by atoms with E-state index in [2.05, 4.69) is 4.98 Å². The van der Waals surface area contributed by atoms with E-state index in [9.17, 15) is 9.59 Å². The summed E-state index contributed by atoms with van der Waals surface area (Å²) in [7, 11) is 0. The number of aromatic amines is 1. The quantitative estimate of drug-likeness (QED) is 0.477. The van der Waals surface area contributed by atoms with Gasteiger partial charge in [0.2, 0.25) is 0 Å². The Morgan fingerprint density at radius 2 is 1.63 bits per heavy atom. The molecule has 0 atom stereocenters. The number of H-pyrrole nitrogens is 1. The van der Waals surface area contributed by atoms with Crippen LogP contribution in [0.15, 0.2) is 80.2 Å². The minimum Gasteiger partial charge on any atom is -0.406 e. The van der Waals surface area contributed by atoms with Crippen LogP contribution >= 0.6 is 11.8 Å². The lowest BCUT2D eigenvalue weighted by atomic mass is 10.2. The highest BCUT2D eigenvalue weighted by molar-refractivity contribution is 7.99. The predicted octanol–water partition coefficient (Wildman–Crippen LogP) is 2.64. The summed E-state index contributed by atoms with van der Waals surface area (Å²) in [4.78, 5) is 33.0. The van der Waals surface area contributed by atoms with Crippen molar-refractivity contribution in [1.82, 2.24) is 9.71 Å². The molecule has 6 nitrogen and oxygen atoms in total. The normalized spacial score (nSPS) is 10.7. The van der Waals surface area contributed by atoms with Crippen LogP contribution in [0.3, 0.4) is 0 Å². The summed E-state index contributed by atoms with van der Waals surface area (Å²) in [6.45, 7) is 2.63. The van der Waals surface area contributed by atoms with Crippen molar-refractivity contribution in [2.45, 2.75) is 23.5 Å². The maximum absolute atomic E-state index is 12.2. The summed E-state index contributed by atoms with van der Waals surface area (Å²) in [5.41, 5.74) is 0.467. The zero-order valence-electron chi connectivity index (χ0n) is 14.9. The van der Waals surface area contributed by atoms with Gasteiger partial charge in [-0.15, -0.1) is 4.73 Å². The monoisotopic (exact) mass is 384 g/mol. The van der Waals surface area contributed by atoms with Gasteiger partial charge in [0.15, 0.2) is 0 Å². The molecule has 2 aromatic carbocycles. The number of nitrogens with zero attached hydrogens (tertiary/aromatic N) is 1. The Morgan fingerprint density at radius 3 is 2.33 bits per heavy atom. The Balaban J connectivity index is 1.68. The molecule has 0 unspecified atom stereocenters. The molecule has 0 aliphatic rings. The number of benzene rings is 2. The lowest BCUT2D eigenvalue weighted by molar-refractivity contribution is 0.0171. The fourth-order valence-electron chi connectivity index (χ4n) is 2.37. The predicted molar refractivity (Wildman–Crippen MR) is 104 cm³/mol. The van der Waals surface area contributed by atoms with Crippen LogP contribution in [0, 0.1) is 6.92 Å². The van der Waals surface area contributed by atoms with E-state index < -0.39 is 11.2 Å². The second kappa shape index (κ2) is 9.25. The lowest BCUT2D eigenvalue weighted by Crippen LogP contribution is -2.37. The second-order valence-corrected chi connectivity index (χ2v) is 6.83. The third-order valence-corrected chi connectivity index (χ3v) is 4.94. The first-order valence-corrected chi connectivity index (χ1v) is 9.30. The van der Waals surface area contributed by atoms with Crippen molar-refractivity contribution >= 4 is 11.8 Å². The average molecular weight is 384 g/mol. The minimum atomic E-state index is -0.605. The topological polar surface area (TPSA) is 73.3 Å². The molecule has 1 heterocycles. The van der Waals surface area contributed by atoms with Crippen molar-refractivity contribution in [3.05, 3.63) is 92.6 Å². The fraction of sp³-hybridized carbons (Fsp3) is 0.200. The summed E-state index contributed by atoms with van der Waals surface area (Å²) in [6.07, 6.45) is 0. The molecule has 7 heteroatoms. The Kier molecular flexibility index (Phi) is 6.51. The van der Waals surface area contributed by atoms with E-state index in [1.54, 1.807) is 6.92 Å². The molecular formula is C20H20N2O4S. The van der Waals surface area contributed by atoms with Gasteiger partial charge < -0.3 is 9.57 Å². The molecule has 1 aromatic heterocycles. The molecule has 0 aliphatic carbocycles. The average Bonchev–Trinajstić information content (AvgIpc) is 2.69. The summed E-state index contributed by atoms with van der Waals surface area (Å²) in [5, 5.41) is 0.456. The van der Waals surface area contributed by atoms with Gasteiger partial charge in [0.1, 0.15) is 11.6 Å². The molecule has 3 aromatic rings. The highest BCUT2D eigenvalue weighted by atomic mass is 32.2. The molecule has 0 aliphatic heterocycles. The van der Waals surface area contributed by atoms with Crippen molar-refractivity contribution < 1.29 is 9.57 Å². The molecule has 140 valence electrons. The van der Waals surface area contributed by atoms with Crippen LogP contribution in [0.5, 0.6) is 0 Å². The van der Waals surface area contributed by atoms with E-state index in [0.29, 0.717) is 23.8 Å². The Labute approximate surface area is 160 Å². The molecule has 0 spiro atoms. The van der Waals surface area contributed by atoms with Crippen LogP contribution in [0.25, 0.3) is 0 Å². The molecular weight excluding hydrogens is 364 g/mol. The van der Waals surface area contributed by atoms with E-state index in [4.69, 9.17) is 9.57 Å². The Bertz CT molecular complexity index is 984. The standard InChI is InChI=1S/C20H20N2O4S/c1-15-18(23)21-20(24)22(19(15)27-17-10-6-3-7-11-17)26-13-12-25-14-16-8-4-2-5-9-16/h2-11H,12-14H2,1H3,(H,21,23,24). The minimum absolute atomic E-state index is 0.181.